The maximum Gasteiger partial charge on any atom is 0.240 e. The molecule has 3 fully saturated rings. The van der Waals surface area contributed by atoms with E-state index in [4.69, 9.17) is 15.4 Å². The van der Waals surface area contributed by atoms with E-state index >= 15 is 0 Å². The van der Waals surface area contributed by atoms with Gasteiger partial charge in [-0.2, -0.15) is 15.6 Å². The van der Waals surface area contributed by atoms with Gasteiger partial charge in [0.2, 0.25) is 47.5 Å². The Hall–Kier alpha value is -7.41. The third-order valence-electron chi connectivity index (χ3n) is 16.0. The van der Waals surface area contributed by atoms with Gasteiger partial charge in [0.05, 0.1) is 37.3 Å². The number of aromatic amines is 3. The number of nitrogens with zero attached hydrogens (tertiary/aromatic N) is 9. The number of hydrogen-bond donors (Lipinski definition) is 9. The number of H-pyrrole nitrogens is 3. The van der Waals surface area contributed by atoms with Crippen LogP contribution in [0.3, 0.4) is 0 Å². The standard InChI is InChI=1S/C19H22N6O4S2.C19H22N6O3S2.C19H22N6O2S2/c1-30(26,27)16-7-6-15(17(18(16)31(20,28)29)19-22-24-25-23-19)14-4-2-12(3-5-14)13-8-10-21-11-9-13;1-29(26)16-7-6-15(17(18(16)30(20,27)28)19-22-24-25-23-19)14-4-2-12(3-5-14)13-8-10-21-11-9-13;1-28-16-7-6-15(17(18(16)29(20,26)27)19-22-24-25-23-19)14-4-2-12(3-5-14)13-8-10-21-11-9-13/h2-7,13,21H,8-11H2,1H3,(H2,20,28,29)(H,22,23,24,25);2-7,13,21H,8-11H2,1H3,(H2,20,27,28)(H,22,23,24,25);2-7,13,21H,8-11H2,1H3,(H2,20,26,27)(H,22,23,24,25). The molecular weight excluding hydrogens is 1270 g/mol. The molecule has 6 heterocycles. The van der Waals surface area contributed by atoms with Crippen LogP contribution in [-0.2, 0) is 50.7 Å². The fourth-order valence-corrected chi connectivity index (χ4v) is 18.2. The van der Waals surface area contributed by atoms with E-state index in [1.807, 2.05) is 54.6 Å². The number of hydrogen-bond acceptors (Lipinski definition) is 22. The fourth-order valence-electron chi connectivity index (χ4n) is 11.7. The predicted octanol–water partition coefficient (Wildman–Crippen LogP) is 4.81. The molecule has 3 aliphatic heterocycles. The number of aromatic nitrogens is 12. The smallest absolute Gasteiger partial charge is 0.240 e. The largest absolute Gasteiger partial charge is 0.317 e. The molecule has 12 rings (SSSR count). The number of nitrogens with one attached hydrogen (secondary N) is 6. The molecule has 0 bridgehead atoms. The zero-order valence-electron chi connectivity index (χ0n) is 49.0. The van der Waals surface area contributed by atoms with Crippen molar-refractivity contribution in [3.63, 3.8) is 0 Å². The number of sulfonamides is 3. The zero-order valence-corrected chi connectivity index (χ0v) is 53.9. The number of piperidine rings is 3. The topological polar surface area (TPSA) is 431 Å². The zero-order chi connectivity index (χ0) is 64.0. The van der Waals surface area contributed by atoms with Crippen molar-refractivity contribution in [1.82, 2.24) is 77.8 Å². The van der Waals surface area contributed by atoms with Crippen LogP contribution in [-0.4, -0.2) is 158 Å². The number of tetrazole rings is 3. The number of rotatable bonds is 15. The molecule has 90 heavy (non-hydrogen) atoms. The van der Waals surface area contributed by atoms with Crippen molar-refractivity contribution in [2.45, 2.75) is 85.7 Å². The van der Waals surface area contributed by atoms with E-state index in [2.05, 4.69) is 102 Å². The molecule has 12 N–H and O–H groups in total. The lowest BCUT2D eigenvalue weighted by Crippen LogP contribution is -2.26. The van der Waals surface area contributed by atoms with Gasteiger partial charge in [-0.05, 0) is 186 Å². The molecule has 0 saturated carbocycles. The second-order valence-electron chi connectivity index (χ2n) is 21.7. The van der Waals surface area contributed by atoms with E-state index in [9.17, 15) is 37.9 Å². The minimum absolute atomic E-state index is 0.00575. The maximum atomic E-state index is 12.5. The van der Waals surface area contributed by atoms with E-state index in [1.54, 1.807) is 18.4 Å². The molecule has 27 nitrogen and oxygen atoms in total. The SMILES string of the molecule is CS(=O)(=O)c1ccc(-c2ccc(C3CCNCC3)cc2)c(-c2nn[nH]n2)c1S(N)(=O)=O.CS(=O)c1ccc(-c2ccc(C3CCNCC3)cc2)c(-c2nn[nH]n2)c1S(N)(=O)=O.CSc1ccc(-c2ccc(C3CCNCC3)cc2)c(-c2nn[nH]n2)c1S(N)(=O)=O. The summed E-state index contributed by atoms with van der Waals surface area (Å²) in [7, 11) is -18.1. The van der Waals surface area contributed by atoms with E-state index in [-0.39, 0.29) is 43.3 Å². The monoisotopic (exact) mass is 1340 g/mol. The molecule has 0 spiro atoms. The first-order chi connectivity index (χ1) is 43.0. The van der Waals surface area contributed by atoms with Crippen LogP contribution < -0.4 is 31.4 Å². The Morgan fingerprint density at radius 2 is 0.767 bits per heavy atom. The number of sulfone groups is 1. The molecule has 1 unspecified atom stereocenters. The number of nitrogens with two attached hydrogens (primary N) is 3. The molecule has 9 aromatic rings. The molecule has 3 saturated heterocycles. The molecular formula is C57H66N18O9S6. The van der Waals surface area contributed by atoms with Crippen LogP contribution in [0.4, 0.5) is 0 Å². The first kappa shape index (κ1) is 65.5. The summed E-state index contributed by atoms with van der Waals surface area (Å²) >= 11 is 1.31. The normalized spacial score (nSPS) is 15.9. The number of benzene rings is 6. The predicted molar refractivity (Wildman–Crippen MR) is 341 cm³/mol. The van der Waals surface area contributed by atoms with Gasteiger partial charge in [-0.1, -0.05) is 91.0 Å². The summed E-state index contributed by atoms with van der Waals surface area (Å²) in [5, 5.41) is 68.1. The van der Waals surface area contributed by atoms with Crippen molar-refractivity contribution in [2.75, 3.05) is 58.0 Å². The molecule has 3 aliphatic rings. The summed E-state index contributed by atoms with van der Waals surface area (Å²) in [4.78, 5) is -0.535. The molecule has 3 aromatic heterocycles. The van der Waals surface area contributed by atoms with E-state index in [1.165, 1.54) is 52.9 Å². The Bertz CT molecular complexity index is 4470. The lowest BCUT2D eigenvalue weighted by atomic mass is 9.89. The van der Waals surface area contributed by atoms with Crippen LogP contribution in [0.25, 0.3) is 67.5 Å². The highest BCUT2D eigenvalue weighted by molar-refractivity contribution is 7.99. The van der Waals surface area contributed by atoms with Crippen molar-refractivity contribution in [3.8, 4) is 67.5 Å². The van der Waals surface area contributed by atoms with Gasteiger partial charge in [-0.15, -0.1) is 42.4 Å². The Morgan fingerprint density at radius 1 is 0.444 bits per heavy atom. The summed E-state index contributed by atoms with van der Waals surface area (Å²) in [5.41, 5.74) is 8.35. The fraction of sp³-hybridized carbons (Fsp3) is 0.316. The van der Waals surface area contributed by atoms with E-state index in [0.717, 1.165) is 95.2 Å². The molecule has 6 aromatic carbocycles. The molecule has 1 atom stereocenters. The van der Waals surface area contributed by atoms with Gasteiger partial charge in [0.1, 0.15) is 14.7 Å². The average molecular weight is 1340 g/mol. The molecule has 474 valence electrons. The van der Waals surface area contributed by atoms with Gasteiger partial charge in [0, 0.05) is 17.4 Å². The van der Waals surface area contributed by atoms with Crippen LogP contribution in [0.1, 0.15) is 73.0 Å². The van der Waals surface area contributed by atoms with Gasteiger partial charge >= 0.3 is 0 Å². The van der Waals surface area contributed by atoms with Crippen LogP contribution in [0.5, 0.6) is 0 Å². The maximum absolute atomic E-state index is 12.5. The summed E-state index contributed by atoms with van der Waals surface area (Å²) < 4.78 is 112. The molecule has 33 heteroatoms. The van der Waals surface area contributed by atoms with Crippen molar-refractivity contribution in [3.05, 3.63) is 126 Å². The Kier molecular flexibility index (Phi) is 20.4. The van der Waals surface area contributed by atoms with Gasteiger partial charge in [0.25, 0.3) is 0 Å². The van der Waals surface area contributed by atoms with Gasteiger partial charge in [0.15, 0.2) is 9.84 Å². The third-order valence-corrected chi connectivity index (χ3v) is 22.2. The number of primary sulfonamides is 3. The minimum Gasteiger partial charge on any atom is -0.317 e. The number of thioether (sulfide) groups is 1. The molecule has 0 amide bonds. The van der Waals surface area contributed by atoms with Gasteiger partial charge in [-0.3, -0.25) is 4.21 Å². The summed E-state index contributed by atoms with van der Waals surface area (Å²) in [5.74, 6) is 1.71. The van der Waals surface area contributed by atoms with Gasteiger partial charge in [-0.25, -0.2) is 49.1 Å². The third kappa shape index (κ3) is 15.0. The summed E-state index contributed by atoms with van der Waals surface area (Å²) in [6.07, 6.45) is 10.6. The van der Waals surface area contributed by atoms with Gasteiger partial charge < -0.3 is 16.0 Å². The van der Waals surface area contributed by atoms with Crippen molar-refractivity contribution in [1.29, 1.82) is 0 Å². The van der Waals surface area contributed by atoms with E-state index < -0.39 is 60.5 Å². The van der Waals surface area contributed by atoms with Crippen LogP contribution >= 0.6 is 11.8 Å². The Morgan fingerprint density at radius 3 is 1.07 bits per heavy atom. The van der Waals surface area contributed by atoms with E-state index in [0.29, 0.717) is 50.5 Å². The van der Waals surface area contributed by atoms with Crippen LogP contribution in [0, 0.1) is 0 Å². The van der Waals surface area contributed by atoms with Crippen molar-refractivity contribution in [2.24, 2.45) is 15.4 Å². The lowest BCUT2D eigenvalue weighted by molar-refractivity contribution is 0.460. The first-order valence-corrected chi connectivity index (χ1v) is 37.6. The highest BCUT2D eigenvalue weighted by atomic mass is 32.2. The summed E-state index contributed by atoms with van der Waals surface area (Å²) in [6.45, 7) is 6.01. The second-order valence-corrected chi connectivity index (χ2v) is 30.3. The van der Waals surface area contributed by atoms with Crippen LogP contribution in [0.2, 0.25) is 0 Å². The summed E-state index contributed by atoms with van der Waals surface area (Å²) in [6, 6.07) is 33.7. The average Bonchev–Trinajstić information content (AvgIpc) is 1.11. The Labute approximate surface area is 527 Å². The van der Waals surface area contributed by atoms with Crippen LogP contribution in [0.15, 0.2) is 139 Å². The van der Waals surface area contributed by atoms with Crippen molar-refractivity contribution >= 4 is 62.5 Å². The quantitative estimate of drug-likeness (QED) is 0.0622. The Balaban J connectivity index is 0.000000149. The van der Waals surface area contributed by atoms with Crippen molar-refractivity contribution < 1.29 is 37.9 Å². The molecule has 0 radical (unpaired) electrons. The minimum atomic E-state index is -4.44. The highest BCUT2D eigenvalue weighted by Crippen LogP contribution is 2.43. The second kappa shape index (κ2) is 28.0. The molecule has 0 aliphatic carbocycles. The first-order valence-electron chi connectivity index (χ1n) is 28.3. The lowest BCUT2D eigenvalue weighted by Gasteiger charge is -2.23. The highest BCUT2D eigenvalue weighted by Gasteiger charge is 2.32.